The first-order valence-electron chi connectivity index (χ1n) is 8.12. The van der Waals surface area contributed by atoms with Crippen LogP contribution in [-0.4, -0.2) is 36.6 Å². The predicted octanol–water partition coefficient (Wildman–Crippen LogP) is 4.45. The predicted molar refractivity (Wildman–Crippen MR) is 90.8 cm³/mol. The molecule has 0 spiro atoms. The van der Waals surface area contributed by atoms with Gasteiger partial charge < -0.3 is 0 Å². The molecule has 0 fully saturated rings. The summed E-state index contributed by atoms with van der Waals surface area (Å²) in [6.07, 6.45) is -2.41. The highest BCUT2D eigenvalue weighted by molar-refractivity contribution is 5.95. The largest absolute Gasteiger partial charge is 0.272 e. The van der Waals surface area contributed by atoms with Gasteiger partial charge in [-0.25, -0.2) is 22.6 Å². The van der Waals surface area contributed by atoms with Crippen molar-refractivity contribution in [1.82, 2.24) is 10.0 Å². The van der Waals surface area contributed by atoms with Gasteiger partial charge in [-0.05, 0) is 31.0 Å². The second-order valence-electron chi connectivity index (χ2n) is 5.97. The van der Waals surface area contributed by atoms with Crippen LogP contribution in [0, 0.1) is 11.6 Å². The van der Waals surface area contributed by atoms with Crippen molar-refractivity contribution in [2.24, 2.45) is 0 Å². The van der Waals surface area contributed by atoms with Crippen molar-refractivity contribution in [3.8, 4) is 0 Å². The number of alkyl halides is 2. The molecule has 2 aromatic carbocycles. The maximum absolute atomic E-state index is 13.7. The van der Waals surface area contributed by atoms with E-state index in [0.717, 1.165) is 0 Å². The molecule has 0 bridgehead atoms. The molecule has 0 aliphatic rings. The lowest BCUT2D eigenvalue weighted by atomic mass is 10.1. The average Bonchev–Trinajstić information content (AvgIpc) is 2.60. The second-order valence-corrected chi connectivity index (χ2v) is 5.97. The van der Waals surface area contributed by atoms with Crippen LogP contribution in [0.25, 0.3) is 0 Å². The van der Waals surface area contributed by atoms with Crippen LogP contribution >= 0.6 is 0 Å². The summed E-state index contributed by atoms with van der Waals surface area (Å²) in [5, 5.41) is 2.75. The zero-order valence-corrected chi connectivity index (χ0v) is 14.6. The molecule has 0 atom stereocenters. The minimum absolute atomic E-state index is 0.0494. The first kappa shape index (κ1) is 19.9. The third kappa shape index (κ3) is 4.60. The molecule has 1 amide bonds. The Labute approximate surface area is 149 Å². The summed E-state index contributed by atoms with van der Waals surface area (Å²) >= 11 is 0. The van der Waals surface area contributed by atoms with E-state index in [0.29, 0.717) is 0 Å². The van der Waals surface area contributed by atoms with Crippen LogP contribution in [0.1, 0.15) is 34.3 Å². The van der Waals surface area contributed by atoms with E-state index in [-0.39, 0.29) is 36.1 Å². The lowest BCUT2D eigenvalue weighted by Crippen LogP contribution is -2.43. The Bertz CT molecular complexity index is 745. The van der Waals surface area contributed by atoms with E-state index < -0.39 is 24.0 Å². The summed E-state index contributed by atoms with van der Waals surface area (Å²) in [5.41, 5.74) is -0.482. The lowest BCUT2D eigenvalue weighted by molar-refractivity contribution is 0.0188. The molecule has 2 aromatic rings. The van der Waals surface area contributed by atoms with E-state index in [1.807, 2.05) is 0 Å². The highest BCUT2D eigenvalue weighted by atomic mass is 19.3. The Hall–Kier alpha value is -2.41. The van der Waals surface area contributed by atoms with Gasteiger partial charge in [0.25, 0.3) is 12.3 Å². The Kier molecular flexibility index (Phi) is 6.74. The van der Waals surface area contributed by atoms with Crippen LogP contribution in [0.4, 0.5) is 17.6 Å². The SMILES string of the molecule is CN(C)N(CCCc1c(F)cccc1F)C(=O)c1ccccc1C(F)F. The highest BCUT2D eigenvalue weighted by Crippen LogP contribution is 2.24. The molecule has 140 valence electrons. The molecule has 3 nitrogen and oxygen atoms in total. The number of nitrogens with zero attached hydrogens (tertiary/aromatic N) is 2. The van der Waals surface area contributed by atoms with E-state index in [1.165, 1.54) is 52.5 Å². The van der Waals surface area contributed by atoms with Crippen LogP contribution in [0.15, 0.2) is 42.5 Å². The number of rotatable bonds is 7. The van der Waals surface area contributed by atoms with Crippen molar-refractivity contribution in [2.45, 2.75) is 19.3 Å². The minimum Gasteiger partial charge on any atom is -0.272 e. The minimum atomic E-state index is -2.77. The van der Waals surface area contributed by atoms with Gasteiger partial charge in [0.2, 0.25) is 0 Å². The molecule has 0 aliphatic carbocycles. The lowest BCUT2D eigenvalue weighted by Gasteiger charge is -2.29. The third-order valence-electron chi connectivity index (χ3n) is 4.00. The van der Waals surface area contributed by atoms with Crippen molar-refractivity contribution >= 4 is 5.91 Å². The number of amides is 1. The molecule has 26 heavy (non-hydrogen) atoms. The van der Waals surface area contributed by atoms with Crippen LogP contribution in [0.5, 0.6) is 0 Å². The van der Waals surface area contributed by atoms with E-state index in [4.69, 9.17) is 0 Å². The topological polar surface area (TPSA) is 23.6 Å². The van der Waals surface area contributed by atoms with Gasteiger partial charge in [-0.15, -0.1) is 0 Å². The van der Waals surface area contributed by atoms with Gasteiger partial charge in [0.1, 0.15) is 11.6 Å². The zero-order valence-electron chi connectivity index (χ0n) is 14.6. The van der Waals surface area contributed by atoms with E-state index in [2.05, 4.69) is 0 Å². The summed E-state index contributed by atoms with van der Waals surface area (Å²) in [6.45, 7) is 0.136. The average molecular weight is 368 g/mol. The molecule has 0 aliphatic heterocycles. The molecule has 0 saturated heterocycles. The molecule has 2 rings (SSSR count). The zero-order chi connectivity index (χ0) is 19.3. The van der Waals surface area contributed by atoms with Crippen LogP contribution in [-0.2, 0) is 6.42 Å². The fraction of sp³-hybridized carbons (Fsp3) is 0.316. The molecule has 0 saturated carbocycles. The molecular formula is C19H20F4N2O. The summed E-state index contributed by atoms with van der Waals surface area (Å²) in [6, 6.07) is 9.14. The molecule has 0 heterocycles. The quantitative estimate of drug-likeness (QED) is 0.532. The van der Waals surface area contributed by atoms with E-state index >= 15 is 0 Å². The number of benzene rings is 2. The van der Waals surface area contributed by atoms with E-state index in [9.17, 15) is 22.4 Å². The second kappa shape index (κ2) is 8.80. The summed E-state index contributed by atoms with van der Waals surface area (Å²) in [7, 11) is 3.21. The first-order chi connectivity index (χ1) is 12.3. The molecular weight excluding hydrogens is 348 g/mol. The van der Waals surface area contributed by atoms with Crippen LogP contribution < -0.4 is 0 Å². The van der Waals surface area contributed by atoms with Gasteiger partial charge in [0.05, 0.1) is 0 Å². The van der Waals surface area contributed by atoms with Gasteiger partial charge in [0.15, 0.2) is 0 Å². The van der Waals surface area contributed by atoms with Crippen molar-refractivity contribution in [1.29, 1.82) is 0 Å². The normalized spacial score (nSPS) is 11.2. The Morgan fingerprint density at radius 1 is 1.00 bits per heavy atom. The van der Waals surface area contributed by atoms with Gasteiger partial charge in [-0.2, -0.15) is 0 Å². The molecule has 0 radical (unpaired) electrons. The van der Waals surface area contributed by atoms with Gasteiger partial charge >= 0.3 is 0 Å². The Balaban J connectivity index is 2.13. The Morgan fingerprint density at radius 3 is 2.19 bits per heavy atom. The van der Waals surface area contributed by atoms with Crippen molar-refractivity contribution in [3.05, 3.63) is 70.8 Å². The summed E-state index contributed by atoms with van der Waals surface area (Å²) in [5.74, 6) is -1.87. The number of carbonyl (C=O) groups is 1. The monoisotopic (exact) mass is 368 g/mol. The van der Waals surface area contributed by atoms with E-state index in [1.54, 1.807) is 14.1 Å². The molecule has 7 heteroatoms. The Morgan fingerprint density at radius 2 is 1.62 bits per heavy atom. The maximum Gasteiger partial charge on any atom is 0.268 e. The van der Waals surface area contributed by atoms with Crippen molar-refractivity contribution in [3.63, 3.8) is 0 Å². The number of halogens is 4. The fourth-order valence-electron chi connectivity index (χ4n) is 2.68. The maximum atomic E-state index is 13.7. The fourth-order valence-corrected chi connectivity index (χ4v) is 2.68. The standard InChI is InChI=1S/C19H20F4N2O/c1-24(2)25(12-6-9-15-16(20)10-5-11-17(15)21)19(26)14-8-4-3-7-13(14)18(22)23/h3-5,7-8,10-11,18H,6,9,12H2,1-2H3. The number of hydrazine groups is 1. The molecule has 0 N–H and O–H groups in total. The summed E-state index contributed by atoms with van der Waals surface area (Å²) < 4.78 is 53.7. The highest BCUT2D eigenvalue weighted by Gasteiger charge is 2.23. The van der Waals surface area contributed by atoms with Crippen LogP contribution in [0.3, 0.4) is 0 Å². The molecule has 0 aromatic heterocycles. The van der Waals surface area contributed by atoms with Crippen molar-refractivity contribution in [2.75, 3.05) is 20.6 Å². The van der Waals surface area contributed by atoms with Gasteiger partial charge in [0, 0.05) is 37.3 Å². The smallest absolute Gasteiger partial charge is 0.268 e. The number of hydrogen-bond acceptors (Lipinski definition) is 2. The van der Waals surface area contributed by atoms with Crippen LogP contribution in [0.2, 0.25) is 0 Å². The first-order valence-corrected chi connectivity index (χ1v) is 8.12. The van der Waals surface area contributed by atoms with Crippen molar-refractivity contribution < 1.29 is 22.4 Å². The number of carbonyl (C=O) groups excluding carboxylic acids is 1. The number of hydrogen-bond donors (Lipinski definition) is 0. The summed E-state index contributed by atoms with van der Waals surface area (Å²) in [4.78, 5) is 12.7. The van der Waals surface area contributed by atoms with Gasteiger partial charge in [-0.3, -0.25) is 9.80 Å². The van der Waals surface area contributed by atoms with Gasteiger partial charge in [-0.1, -0.05) is 24.3 Å². The third-order valence-corrected chi connectivity index (χ3v) is 4.00. The molecule has 0 unspecified atom stereocenters.